The van der Waals surface area contributed by atoms with Crippen molar-refractivity contribution in [2.75, 3.05) is 14.2 Å². The zero-order chi connectivity index (χ0) is 13.8. The van der Waals surface area contributed by atoms with Crippen molar-refractivity contribution in [1.82, 2.24) is 15.0 Å². The van der Waals surface area contributed by atoms with Gasteiger partial charge < -0.3 is 9.47 Å². The minimum atomic E-state index is -0.482. The first-order valence-electron chi connectivity index (χ1n) is 5.88. The van der Waals surface area contributed by atoms with Crippen LogP contribution >= 0.6 is 0 Å². The van der Waals surface area contributed by atoms with Crippen molar-refractivity contribution >= 4 is 5.97 Å². The SMILES string of the molecule is COCc1c(C(=O)OC)nnn1CCC(C)(C)C. The van der Waals surface area contributed by atoms with E-state index in [9.17, 15) is 4.79 Å². The molecule has 1 aromatic heterocycles. The molecule has 0 amide bonds. The van der Waals surface area contributed by atoms with E-state index in [1.807, 2.05) is 0 Å². The molecule has 0 aromatic carbocycles. The lowest BCUT2D eigenvalue weighted by atomic mass is 9.92. The summed E-state index contributed by atoms with van der Waals surface area (Å²) in [6, 6.07) is 0. The molecule has 0 fully saturated rings. The number of aryl methyl sites for hydroxylation is 1. The van der Waals surface area contributed by atoms with Crippen LogP contribution in [-0.2, 0) is 22.6 Å². The predicted molar refractivity (Wildman–Crippen MR) is 66.1 cm³/mol. The monoisotopic (exact) mass is 255 g/mol. The maximum absolute atomic E-state index is 11.5. The van der Waals surface area contributed by atoms with Crippen LogP contribution < -0.4 is 0 Å². The molecule has 0 bridgehead atoms. The molecular formula is C12H21N3O3. The third-order valence-corrected chi connectivity index (χ3v) is 2.57. The standard InChI is InChI=1S/C12H21N3O3/c1-12(2,3)6-7-15-9(8-17-4)10(13-14-15)11(16)18-5/h6-8H2,1-5H3. The van der Waals surface area contributed by atoms with Gasteiger partial charge in [-0.15, -0.1) is 5.10 Å². The maximum atomic E-state index is 11.5. The second kappa shape index (κ2) is 5.95. The number of carbonyl (C=O) groups is 1. The molecule has 0 aliphatic heterocycles. The van der Waals surface area contributed by atoms with Gasteiger partial charge in [0.15, 0.2) is 5.69 Å². The van der Waals surface area contributed by atoms with E-state index in [0.29, 0.717) is 18.8 Å². The molecule has 1 rings (SSSR count). The topological polar surface area (TPSA) is 66.2 Å². The summed E-state index contributed by atoms with van der Waals surface area (Å²) in [5.41, 5.74) is 1.09. The summed E-state index contributed by atoms with van der Waals surface area (Å²) in [6.07, 6.45) is 0.938. The second-order valence-electron chi connectivity index (χ2n) is 5.34. The van der Waals surface area contributed by atoms with Gasteiger partial charge in [0.05, 0.1) is 19.4 Å². The van der Waals surface area contributed by atoms with Crippen LogP contribution in [0.1, 0.15) is 43.4 Å². The Bertz CT molecular complexity index is 407. The normalized spacial score (nSPS) is 11.6. The molecular weight excluding hydrogens is 234 g/mol. The number of ether oxygens (including phenoxy) is 2. The van der Waals surface area contributed by atoms with Crippen LogP contribution in [0.5, 0.6) is 0 Å². The van der Waals surface area contributed by atoms with E-state index in [-0.39, 0.29) is 11.1 Å². The van der Waals surface area contributed by atoms with Gasteiger partial charge in [-0.25, -0.2) is 9.48 Å². The smallest absolute Gasteiger partial charge is 0.360 e. The van der Waals surface area contributed by atoms with E-state index in [1.54, 1.807) is 11.8 Å². The Labute approximate surface area is 107 Å². The highest BCUT2D eigenvalue weighted by molar-refractivity contribution is 5.88. The molecule has 0 spiro atoms. The molecule has 102 valence electrons. The van der Waals surface area contributed by atoms with Gasteiger partial charge >= 0.3 is 5.97 Å². The Hall–Kier alpha value is -1.43. The molecule has 6 nitrogen and oxygen atoms in total. The van der Waals surface area contributed by atoms with Crippen molar-refractivity contribution in [1.29, 1.82) is 0 Å². The Balaban J connectivity index is 2.91. The summed E-state index contributed by atoms with van der Waals surface area (Å²) >= 11 is 0. The largest absolute Gasteiger partial charge is 0.464 e. The molecule has 6 heteroatoms. The zero-order valence-corrected chi connectivity index (χ0v) is 11.7. The highest BCUT2D eigenvalue weighted by Gasteiger charge is 2.21. The lowest BCUT2D eigenvalue weighted by molar-refractivity contribution is 0.0588. The fourth-order valence-electron chi connectivity index (χ4n) is 1.49. The van der Waals surface area contributed by atoms with Crippen molar-refractivity contribution in [2.45, 2.75) is 40.3 Å². The lowest BCUT2D eigenvalue weighted by Crippen LogP contribution is -2.15. The summed E-state index contributed by atoms with van der Waals surface area (Å²) in [4.78, 5) is 11.5. The van der Waals surface area contributed by atoms with Gasteiger partial charge in [0.25, 0.3) is 0 Å². The quantitative estimate of drug-likeness (QED) is 0.748. The second-order valence-corrected chi connectivity index (χ2v) is 5.34. The molecule has 0 saturated carbocycles. The summed E-state index contributed by atoms with van der Waals surface area (Å²) in [5, 5.41) is 7.86. The van der Waals surface area contributed by atoms with Gasteiger partial charge in [0.1, 0.15) is 0 Å². The maximum Gasteiger partial charge on any atom is 0.360 e. The molecule has 0 radical (unpaired) electrons. The Morgan fingerprint density at radius 3 is 2.50 bits per heavy atom. The van der Waals surface area contributed by atoms with Gasteiger partial charge in [-0.3, -0.25) is 0 Å². The molecule has 0 saturated heterocycles. The average molecular weight is 255 g/mol. The van der Waals surface area contributed by atoms with Crippen molar-refractivity contribution in [3.63, 3.8) is 0 Å². The van der Waals surface area contributed by atoms with Crippen LogP contribution in [0, 0.1) is 5.41 Å². The summed E-state index contributed by atoms with van der Waals surface area (Å²) in [6.45, 7) is 7.46. The summed E-state index contributed by atoms with van der Waals surface area (Å²) in [7, 11) is 2.90. The van der Waals surface area contributed by atoms with Gasteiger partial charge in [-0.05, 0) is 11.8 Å². The molecule has 18 heavy (non-hydrogen) atoms. The van der Waals surface area contributed by atoms with Gasteiger partial charge in [-0.1, -0.05) is 26.0 Å². The first-order chi connectivity index (χ1) is 8.39. The van der Waals surface area contributed by atoms with Gasteiger partial charge in [-0.2, -0.15) is 0 Å². The minimum absolute atomic E-state index is 0.196. The molecule has 0 N–H and O–H groups in total. The molecule has 0 aliphatic rings. The molecule has 0 atom stereocenters. The van der Waals surface area contributed by atoms with E-state index in [4.69, 9.17) is 4.74 Å². The number of nitrogens with zero attached hydrogens (tertiary/aromatic N) is 3. The summed E-state index contributed by atoms with van der Waals surface area (Å²) in [5.74, 6) is -0.482. The molecule has 0 unspecified atom stereocenters. The number of aromatic nitrogens is 3. The Kier molecular flexibility index (Phi) is 4.84. The number of hydrogen-bond donors (Lipinski definition) is 0. The minimum Gasteiger partial charge on any atom is -0.464 e. The van der Waals surface area contributed by atoms with Crippen molar-refractivity contribution in [3.8, 4) is 0 Å². The average Bonchev–Trinajstić information content (AvgIpc) is 2.68. The van der Waals surface area contributed by atoms with E-state index in [0.717, 1.165) is 6.42 Å². The van der Waals surface area contributed by atoms with Crippen LogP contribution in [0.3, 0.4) is 0 Å². The fourth-order valence-corrected chi connectivity index (χ4v) is 1.49. The van der Waals surface area contributed by atoms with E-state index in [1.165, 1.54) is 7.11 Å². The van der Waals surface area contributed by atoms with Crippen LogP contribution in [-0.4, -0.2) is 35.2 Å². The third-order valence-electron chi connectivity index (χ3n) is 2.57. The van der Waals surface area contributed by atoms with Gasteiger partial charge in [0.2, 0.25) is 0 Å². The Morgan fingerprint density at radius 1 is 1.33 bits per heavy atom. The Morgan fingerprint density at radius 2 is 2.00 bits per heavy atom. The van der Waals surface area contributed by atoms with Crippen LogP contribution in [0.15, 0.2) is 0 Å². The van der Waals surface area contributed by atoms with E-state index >= 15 is 0 Å². The number of carbonyl (C=O) groups excluding carboxylic acids is 1. The first-order valence-corrected chi connectivity index (χ1v) is 5.88. The molecule has 1 aromatic rings. The van der Waals surface area contributed by atoms with Crippen molar-refractivity contribution in [3.05, 3.63) is 11.4 Å². The fraction of sp³-hybridized carbons (Fsp3) is 0.750. The molecule has 0 aliphatic carbocycles. The van der Waals surface area contributed by atoms with Crippen LogP contribution in [0.25, 0.3) is 0 Å². The number of hydrogen-bond acceptors (Lipinski definition) is 5. The highest BCUT2D eigenvalue weighted by Crippen LogP contribution is 2.20. The number of esters is 1. The van der Waals surface area contributed by atoms with Gasteiger partial charge in [0, 0.05) is 13.7 Å². The lowest BCUT2D eigenvalue weighted by Gasteiger charge is -2.18. The van der Waals surface area contributed by atoms with Crippen molar-refractivity contribution < 1.29 is 14.3 Å². The third kappa shape index (κ3) is 3.80. The van der Waals surface area contributed by atoms with E-state index < -0.39 is 5.97 Å². The number of rotatable bonds is 5. The highest BCUT2D eigenvalue weighted by atomic mass is 16.5. The predicted octanol–water partition coefficient (Wildman–Crippen LogP) is 1.65. The zero-order valence-electron chi connectivity index (χ0n) is 11.7. The van der Waals surface area contributed by atoms with Crippen LogP contribution in [0.4, 0.5) is 0 Å². The summed E-state index contributed by atoms with van der Waals surface area (Å²) < 4.78 is 11.5. The number of methoxy groups -OCH3 is 2. The van der Waals surface area contributed by atoms with Crippen molar-refractivity contribution in [2.24, 2.45) is 5.41 Å². The van der Waals surface area contributed by atoms with E-state index in [2.05, 4.69) is 35.8 Å². The molecule has 1 heterocycles. The first kappa shape index (κ1) is 14.6. The van der Waals surface area contributed by atoms with Crippen LogP contribution in [0.2, 0.25) is 0 Å².